The molecule has 0 amide bonds. The molecular weight excluding hydrogens is 315 g/mol. The highest BCUT2D eigenvalue weighted by Gasteiger charge is 2.26. The molecule has 3 N–H and O–H groups in total. The van der Waals surface area contributed by atoms with E-state index in [4.69, 9.17) is 5.73 Å². The fourth-order valence-electron chi connectivity index (χ4n) is 1.81. The Morgan fingerprint density at radius 3 is 2.70 bits per heavy atom. The summed E-state index contributed by atoms with van der Waals surface area (Å²) in [5.41, 5.74) is 5.97. The van der Waals surface area contributed by atoms with Crippen molar-refractivity contribution >= 4 is 23.1 Å². The lowest BCUT2D eigenvalue weighted by molar-refractivity contribution is -0.384. The number of rotatable bonds is 5. The highest BCUT2D eigenvalue weighted by molar-refractivity contribution is 5.59. The van der Waals surface area contributed by atoms with Crippen molar-refractivity contribution in [3.63, 3.8) is 0 Å². The predicted molar refractivity (Wildman–Crippen MR) is 77.2 cm³/mol. The van der Waals surface area contributed by atoms with Gasteiger partial charge in [-0.2, -0.15) is 18.2 Å². The maximum absolute atomic E-state index is 12.2. The number of aromatic nitrogens is 2. The van der Waals surface area contributed by atoms with Crippen LogP contribution in [0.2, 0.25) is 0 Å². The van der Waals surface area contributed by atoms with Crippen LogP contribution in [-0.2, 0) is 6.42 Å². The quantitative estimate of drug-likeness (QED) is 0.645. The van der Waals surface area contributed by atoms with Gasteiger partial charge < -0.3 is 11.1 Å². The number of nitrogens with one attached hydrogen (secondary N) is 1. The maximum atomic E-state index is 12.2. The Morgan fingerprint density at radius 2 is 2.09 bits per heavy atom. The lowest BCUT2D eigenvalue weighted by Crippen LogP contribution is -2.08. The molecule has 122 valence electrons. The van der Waals surface area contributed by atoms with Gasteiger partial charge in [0, 0.05) is 12.1 Å². The van der Waals surface area contributed by atoms with Crippen LogP contribution in [0.25, 0.3) is 0 Å². The van der Waals surface area contributed by atoms with Gasteiger partial charge in [-0.1, -0.05) is 12.1 Å². The van der Waals surface area contributed by atoms with Gasteiger partial charge in [-0.3, -0.25) is 10.1 Å². The first kappa shape index (κ1) is 16.5. The van der Waals surface area contributed by atoms with E-state index in [0.717, 1.165) is 6.20 Å². The number of alkyl halides is 3. The zero-order chi connectivity index (χ0) is 17.0. The number of halogens is 3. The maximum Gasteiger partial charge on any atom is 0.389 e. The van der Waals surface area contributed by atoms with Gasteiger partial charge in [0.15, 0.2) is 0 Å². The summed E-state index contributed by atoms with van der Waals surface area (Å²) in [4.78, 5) is 17.4. The van der Waals surface area contributed by atoms with Gasteiger partial charge in [0.05, 0.1) is 4.92 Å². The van der Waals surface area contributed by atoms with Crippen molar-refractivity contribution in [1.82, 2.24) is 9.97 Å². The summed E-state index contributed by atoms with van der Waals surface area (Å²) in [5.74, 6) is -0.290. The highest BCUT2D eigenvalue weighted by atomic mass is 19.4. The van der Waals surface area contributed by atoms with Crippen LogP contribution in [0.15, 0.2) is 30.5 Å². The Balaban J connectivity index is 2.11. The molecule has 0 spiro atoms. The summed E-state index contributed by atoms with van der Waals surface area (Å²) >= 11 is 0. The number of nitro groups is 1. The monoisotopic (exact) mass is 327 g/mol. The summed E-state index contributed by atoms with van der Waals surface area (Å²) < 4.78 is 36.7. The Kier molecular flexibility index (Phi) is 4.63. The minimum absolute atomic E-state index is 0.0149. The molecule has 0 atom stereocenters. The third kappa shape index (κ3) is 4.80. The first-order chi connectivity index (χ1) is 10.7. The summed E-state index contributed by atoms with van der Waals surface area (Å²) in [6, 6.07) is 6.29. The van der Waals surface area contributed by atoms with E-state index >= 15 is 0 Å². The molecule has 0 aliphatic rings. The van der Waals surface area contributed by atoms with E-state index in [2.05, 4.69) is 15.3 Å². The Hall–Kier alpha value is -2.91. The minimum atomic E-state index is -4.22. The van der Waals surface area contributed by atoms with E-state index in [1.807, 2.05) is 0 Å². The van der Waals surface area contributed by atoms with Crippen molar-refractivity contribution in [1.29, 1.82) is 0 Å². The molecule has 1 aromatic carbocycles. The van der Waals surface area contributed by atoms with E-state index in [-0.39, 0.29) is 18.2 Å². The number of hydrogen-bond donors (Lipinski definition) is 2. The second-order valence-corrected chi connectivity index (χ2v) is 4.66. The summed E-state index contributed by atoms with van der Waals surface area (Å²) in [7, 11) is 0. The predicted octanol–water partition coefficient (Wildman–Crippen LogP) is 3.21. The smallest absolute Gasteiger partial charge is 0.378 e. The van der Waals surface area contributed by atoms with Crippen molar-refractivity contribution in [2.45, 2.75) is 19.0 Å². The van der Waals surface area contributed by atoms with Crippen LogP contribution >= 0.6 is 0 Å². The molecule has 0 bridgehead atoms. The van der Waals surface area contributed by atoms with E-state index in [9.17, 15) is 23.3 Å². The summed E-state index contributed by atoms with van der Waals surface area (Å²) in [6.45, 7) is 0. The van der Waals surface area contributed by atoms with Crippen molar-refractivity contribution in [2.24, 2.45) is 0 Å². The topological polar surface area (TPSA) is 107 Å². The number of benzene rings is 1. The number of hydrogen-bond acceptors (Lipinski definition) is 6. The van der Waals surface area contributed by atoms with Crippen LogP contribution in [0.5, 0.6) is 0 Å². The first-order valence-corrected chi connectivity index (χ1v) is 6.44. The average molecular weight is 327 g/mol. The van der Waals surface area contributed by atoms with Crippen molar-refractivity contribution in [3.05, 3.63) is 46.1 Å². The number of aryl methyl sites for hydroxylation is 1. The molecule has 2 aromatic rings. The molecule has 0 radical (unpaired) electrons. The van der Waals surface area contributed by atoms with Crippen LogP contribution in [0.1, 0.15) is 12.0 Å². The molecule has 1 heterocycles. The number of nitrogens with two attached hydrogens (primary N) is 1. The number of nitrogens with zero attached hydrogens (tertiary/aromatic N) is 3. The van der Waals surface area contributed by atoms with Gasteiger partial charge >= 0.3 is 11.9 Å². The summed E-state index contributed by atoms with van der Waals surface area (Å²) in [5, 5.41) is 13.4. The van der Waals surface area contributed by atoms with Crippen molar-refractivity contribution in [3.8, 4) is 0 Å². The van der Waals surface area contributed by atoms with Gasteiger partial charge in [0.1, 0.15) is 6.20 Å². The molecule has 2 rings (SSSR count). The van der Waals surface area contributed by atoms with Crippen LogP contribution < -0.4 is 11.1 Å². The van der Waals surface area contributed by atoms with E-state index in [0.29, 0.717) is 11.3 Å². The number of nitrogen functional groups attached to an aromatic ring is 1. The van der Waals surface area contributed by atoms with Crippen LogP contribution in [-0.4, -0.2) is 21.1 Å². The Labute approximate surface area is 128 Å². The molecular formula is C13H12F3N5O2. The van der Waals surface area contributed by atoms with Gasteiger partial charge in [-0.25, -0.2) is 4.98 Å². The molecule has 10 heteroatoms. The molecule has 7 nitrogen and oxygen atoms in total. The zero-order valence-corrected chi connectivity index (χ0v) is 11.7. The van der Waals surface area contributed by atoms with Crippen molar-refractivity contribution < 1.29 is 18.1 Å². The fourth-order valence-corrected chi connectivity index (χ4v) is 1.81. The molecule has 23 heavy (non-hydrogen) atoms. The van der Waals surface area contributed by atoms with Crippen LogP contribution in [0.3, 0.4) is 0 Å². The third-order valence-corrected chi connectivity index (χ3v) is 2.87. The van der Waals surface area contributed by atoms with Crippen molar-refractivity contribution in [2.75, 3.05) is 11.1 Å². The molecule has 0 unspecified atom stereocenters. The van der Waals surface area contributed by atoms with Crippen LogP contribution in [0.4, 0.5) is 36.3 Å². The SMILES string of the molecule is Nc1nc(Nc2cccc(CCC(F)(F)F)c2)ncc1[N+](=O)[O-]. The van der Waals surface area contributed by atoms with Crippen LogP contribution in [0, 0.1) is 10.1 Å². The zero-order valence-electron chi connectivity index (χ0n) is 11.7. The normalized spacial score (nSPS) is 11.3. The molecule has 0 saturated carbocycles. The van der Waals surface area contributed by atoms with E-state index in [1.54, 1.807) is 18.2 Å². The largest absolute Gasteiger partial charge is 0.389 e. The highest BCUT2D eigenvalue weighted by Crippen LogP contribution is 2.24. The molecule has 1 aromatic heterocycles. The first-order valence-electron chi connectivity index (χ1n) is 6.44. The summed E-state index contributed by atoms with van der Waals surface area (Å²) in [6.07, 6.45) is -4.34. The molecule has 0 aliphatic heterocycles. The van der Waals surface area contributed by atoms with Gasteiger partial charge in [0.2, 0.25) is 11.8 Å². The Bertz CT molecular complexity index is 721. The van der Waals surface area contributed by atoms with Gasteiger partial charge in [-0.15, -0.1) is 0 Å². The molecule has 0 fully saturated rings. The lowest BCUT2D eigenvalue weighted by atomic mass is 10.1. The lowest BCUT2D eigenvalue weighted by Gasteiger charge is -2.09. The minimum Gasteiger partial charge on any atom is -0.378 e. The van der Waals surface area contributed by atoms with E-state index < -0.39 is 23.2 Å². The van der Waals surface area contributed by atoms with Gasteiger partial charge in [0.25, 0.3) is 0 Å². The average Bonchev–Trinajstić information content (AvgIpc) is 2.44. The van der Waals surface area contributed by atoms with Gasteiger partial charge in [-0.05, 0) is 24.1 Å². The standard InChI is InChI=1S/C13H12F3N5O2/c14-13(15,16)5-4-8-2-1-3-9(6-8)19-12-18-7-10(21(22)23)11(17)20-12/h1-3,6-7H,4-5H2,(H3,17,18,19,20). The third-order valence-electron chi connectivity index (χ3n) is 2.87. The van der Waals surface area contributed by atoms with E-state index in [1.165, 1.54) is 6.07 Å². The fraction of sp³-hybridized carbons (Fsp3) is 0.231. The molecule has 0 aliphatic carbocycles. The molecule has 0 saturated heterocycles. The second kappa shape index (κ2) is 6.46. The second-order valence-electron chi connectivity index (χ2n) is 4.66. The Morgan fingerprint density at radius 1 is 1.35 bits per heavy atom. The number of anilines is 3.